The number of carbonyl (C=O) groups excluding carboxylic acids is 2. The number of amides is 1. The van der Waals surface area contributed by atoms with Crippen molar-refractivity contribution >= 4 is 12.1 Å². The number of hydrogen-bond donors (Lipinski definition) is 0. The molecule has 5 nitrogen and oxygen atoms in total. The molecule has 0 bridgehead atoms. The summed E-state index contributed by atoms with van der Waals surface area (Å²) in [6, 6.07) is 18.7. The number of benzene rings is 2. The largest absolute Gasteiger partial charge is 0.459 e. The van der Waals surface area contributed by atoms with Gasteiger partial charge in [0.25, 0.3) is 0 Å². The van der Waals surface area contributed by atoms with Gasteiger partial charge in [0.05, 0.1) is 0 Å². The van der Waals surface area contributed by atoms with E-state index >= 15 is 0 Å². The van der Waals surface area contributed by atoms with Gasteiger partial charge in [-0.15, -0.1) is 0 Å². The van der Waals surface area contributed by atoms with Gasteiger partial charge in [-0.2, -0.15) is 0 Å². The second-order valence-electron chi connectivity index (χ2n) is 7.55. The first-order valence-electron chi connectivity index (χ1n) is 9.92. The predicted molar refractivity (Wildman–Crippen MR) is 104 cm³/mol. The second kappa shape index (κ2) is 8.46. The minimum atomic E-state index is -0.553. The van der Waals surface area contributed by atoms with Crippen molar-refractivity contribution in [2.75, 3.05) is 0 Å². The SMILES string of the molecule is O=C(OCc1ccccc1)[C@@H]1C[C@H]2CCC[C@H]2N1C(=O)OCc1ccccc1. The first-order chi connectivity index (χ1) is 13.7. The average Bonchev–Trinajstić information content (AvgIpc) is 3.33. The molecule has 1 aliphatic carbocycles. The maximum absolute atomic E-state index is 12.8. The van der Waals surface area contributed by atoms with E-state index < -0.39 is 12.1 Å². The van der Waals surface area contributed by atoms with Crippen molar-refractivity contribution < 1.29 is 19.1 Å². The number of nitrogens with zero attached hydrogens (tertiary/aromatic N) is 1. The first kappa shape index (κ1) is 18.5. The summed E-state index contributed by atoms with van der Waals surface area (Å²) in [4.78, 5) is 27.3. The molecule has 1 aliphatic heterocycles. The summed E-state index contributed by atoms with van der Waals surface area (Å²) in [5.74, 6) is 0.0217. The summed E-state index contributed by atoms with van der Waals surface area (Å²) in [6.45, 7) is 0.428. The van der Waals surface area contributed by atoms with Gasteiger partial charge < -0.3 is 9.47 Å². The Hall–Kier alpha value is -2.82. The normalized spacial score (nSPS) is 23.3. The Balaban J connectivity index is 1.41. The zero-order valence-electron chi connectivity index (χ0n) is 15.8. The topological polar surface area (TPSA) is 55.8 Å². The van der Waals surface area contributed by atoms with E-state index in [9.17, 15) is 9.59 Å². The quantitative estimate of drug-likeness (QED) is 0.727. The Morgan fingerprint density at radius 1 is 0.857 bits per heavy atom. The van der Waals surface area contributed by atoms with Gasteiger partial charge in [-0.25, -0.2) is 9.59 Å². The highest BCUT2D eigenvalue weighted by Gasteiger charge is 2.50. The number of ether oxygens (including phenoxy) is 2. The highest BCUT2D eigenvalue weighted by molar-refractivity contribution is 5.82. The highest BCUT2D eigenvalue weighted by Crippen LogP contribution is 2.42. The van der Waals surface area contributed by atoms with Crippen molar-refractivity contribution in [3.05, 3.63) is 71.8 Å². The summed E-state index contributed by atoms with van der Waals surface area (Å²) >= 11 is 0. The van der Waals surface area contributed by atoms with Crippen LogP contribution in [0.2, 0.25) is 0 Å². The molecule has 0 aromatic heterocycles. The van der Waals surface area contributed by atoms with Crippen LogP contribution in [0.1, 0.15) is 36.8 Å². The number of fused-ring (bicyclic) bond motifs is 1. The Morgan fingerprint density at radius 2 is 1.46 bits per heavy atom. The Bertz CT molecular complexity index is 808. The van der Waals surface area contributed by atoms with Gasteiger partial charge in [-0.05, 0) is 36.3 Å². The Labute approximate surface area is 165 Å². The molecule has 2 aromatic rings. The fourth-order valence-corrected chi connectivity index (χ4v) is 4.38. The van der Waals surface area contributed by atoms with E-state index in [4.69, 9.17) is 9.47 Å². The predicted octanol–water partition coefficient (Wildman–Crippen LogP) is 4.31. The number of rotatable bonds is 5. The minimum Gasteiger partial charge on any atom is -0.459 e. The van der Waals surface area contributed by atoms with Gasteiger partial charge >= 0.3 is 12.1 Å². The average molecular weight is 379 g/mol. The molecule has 0 unspecified atom stereocenters. The summed E-state index contributed by atoms with van der Waals surface area (Å²) < 4.78 is 11.1. The van der Waals surface area contributed by atoms with Gasteiger partial charge in [0.2, 0.25) is 0 Å². The minimum absolute atomic E-state index is 0.0811. The molecule has 4 rings (SSSR count). The third-order valence-electron chi connectivity index (χ3n) is 5.75. The molecule has 0 N–H and O–H groups in total. The first-order valence-corrected chi connectivity index (χ1v) is 9.92. The van der Waals surface area contributed by atoms with Crippen LogP contribution in [-0.2, 0) is 27.5 Å². The zero-order valence-corrected chi connectivity index (χ0v) is 15.8. The van der Waals surface area contributed by atoms with Crippen molar-refractivity contribution in [1.82, 2.24) is 4.90 Å². The van der Waals surface area contributed by atoms with Crippen LogP contribution in [0.4, 0.5) is 4.79 Å². The molecule has 1 saturated carbocycles. The van der Waals surface area contributed by atoms with Crippen LogP contribution >= 0.6 is 0 Å². The maximum Gasteiger partial charge on any atom is 0.411 e. The van der Waals surface area contributed by atoms with Crippen molar-refractivity contribution in [2.24, 2.45) is 5.92 Å². The number of carbonyl (C=O) groups is 2. The molecule has 3 atom stereocenters. The molecule has 146 valence electrons. The lowest BCUT2D eigenvalue weighted by molar-refractivity contribution is -0.150. The molecule has 2 fully saturated rings. The molecule has 28 heavy (non-hydrogen) atoms. The van der Waals surface area contributed by atoms with Gasteiger partial charge in [-0.1, -0.05) is 67.1 Å². The van der Waals surface area contributed by atoms with E-state index in [1.807, 2.05) is 60.7 Å². The molecule has 2 aromatic carbocycles. The van der Waals surface area contributed by atoms with E-state index in [0.717, 1.165) is 30.4 Å². The lowest BCUT2D eigenvalue weighted by Gasteiger charge is -2.27. The molecular formula is C23H25NO4. The van der Waals surface area contributed by atoms with E-state index in [-0.39, 0.29) is 25.2 Å². The van der Waals surface area contributed by atoms with Crippen molar-refractivity contribution in [2.45, 2.75) is 51.0 Å². The van der Waals surface area contributed by atoms with Crippen LogP contribution < -0.4 is 0 Å². The summed E-state index contributed by atoms with van der Waals surface area (Å²) in [7, 11) is 0. The summed E-state index contributed by atoms with van der Waals surface area (Å²) in [6.07, 6.45) is 3.31. The van der Waals surface area contributed by atoms with Crippen molar-refractivity contribution in [3.8, 4) is 0 Å². The molecule has 0 spiro atoms. The van der Waals surface area contributed by atoms with Gasteiger partial charge in [0, 0.05) is 6.04 Å². The van der Waals surface area contributed by atoms with Crippen molar-refractivity contribution in [3.63, 3.8) is 0 Å². The molecule has 1 amide bonds. The molecule has 0 radical (unpaired) electrons. The van der Waals surface area contributed by atoms with E-state index in [2.05, 4.69) is 0 Å². The molecule has 1 heterocycles. The fourth-order valence-electron chi connectivity index (χ4n) is 4.38. The smallest absolute Gasteiger partial charge is 0.411 e. The van der Waals surface area contributed by atoms with Crippen LogP contribution in [0.25, 0.3) is 0 Å². The van der Waals surface area contributed by atoms with Crippen LogP contribution in [0.5, 0.6) is 0 Å². The van der Waals surface area contributed by atoms with Gasteiger partial charge in [0.15, 0.2) is 0 Å². The van der Waals surface area contributed by atoms with Crippen LogP contribution in [0.15, 0.2) is 60.7 Å². The van der Waals surface area contributed by atoms with Crippen LogP contribution in [-0.4, -0.2) is 29.0 Å². The standard InChI is InChI=1S/C23H25NO4/c25-22(27-15-17-8-3-1-4-9-17)21-14-19-12-7-13-20(19)24(21)23(26)28-16-18-10-5-2-6-11-18/h1-6,8-11,19-21H,7,12-16H2/t19-,20-,21+/m1/s1. The second-order valence-corrected chi connectivity index (χ2v) is 7.55. The monoisotopic (exact) mass is 379 g/mol. The van der Waals surface area contributed by atoms with Crippen LogP contribution in [0, 0.1) is 5.92 Å². The van der Waals surface area contributed by atoms with Gasteiger partial charge in [0.1, 0.15) is 19.3 Å². The third kappa shape index (κ3) is 4.03. The van der Waals surface area contributed by atoms with E-state index in [0.29, 0.717) is 12.3 Å². The number of likely N-dealkylation sites (tertiary alicyclic amines) is 1. The van der Waals surface area contributed by atoms with E-state index in [1.165, 1.54) is 0 Å². The molecule has 2 aliphatic rings. The number of esters is 1. The lowest BCUT2D eigenvalue weighted by Crippen LogP contribution is -2.45. The molecule has 5 heteroatoms. The number of hydrogen-bond acceptors (Lipinski definition) is 4. The molecule has 1 saturated heterocycles. The Kier molecular flexibility index (Phi) is 5.60. The summed E-state index contributed by atoms with van der Waals surface area (Å²) in [5, 5.41) is 0. The maximum atomic E-state index is 12.8. The zero-order chi connectivity index (χ0) is 19.3. The highest BCUT2D eigenvalue weighted by atomic mass is 16.6. The van der Waals surface area contributed by atoms with Crippen LogP contribution in [0.3, 0.4) is 0 Å². The van der Waals surface area contributed by atoms with E-state index in [1.54, 1.807) is 4.90 Å². The summed E-state index contributed by atoms with van der Waals surface area (Å²) in [5.41, 5.74) is 1.87. The lowest BCUT2D eigenvalue weighted by atomic mass is 10.0. The Morgan fingerprint density at radius 3 is 2.11 bits per heavy atom. The van der Waals surface area contributed by atoms with Crippen molar-refractivity contribution in [1.29, 1.82) is 0 Å². The third-order valence-corrected chi connectivity index (χ3v) is 5.75. The van der Waals surface area contributed by atoms with Gasteiger partial charge in [-0.3, -0.25) is 4.90 Å². The molecular weight excluding hydrogens is 354 g/mol. The fraction of sp³-hybridized carbons (Fsp3) is 0.391.